The summed E-state index contributed by atoms with van der Waals surface area (Å²) >= 11 is 0. The highest BCUT2D eigenvalue weighted by Gasteiger charge is 2.47. The lowest BCUT2D eigenvalue weighted by molar-refractivity contribution is -0.130. The van der Waals surface area contributed by atoms with E-state index in [-0.39, 0.29) is 5.91 Å². The smallest absolute Gasteiger partial charge is 0.322 e. The molecular formula is C19H19N3O2. The molecule has 0 radical (unpaired) electrons. The predicted octanol–water partition coefficient (Wildman–Crippen LogP) is 2.96. The molecule has 1 atom stereocenters. The summed E-state index contributed by atoms with van der Waals surface area (Å²) in [6, 6.07) is 18.8. The molecule has 2 aromatic carbocycles. The number of urea groups is 1. The molecule has 1 N–H and O–H groups in total. The maximum atomic E-state index is 12.6. The maximum absolute atomic E-state index is 12.6. The highest BCUT2D eigenvalue weighted by molar-refractivity contribution is 6.07. The number of benzene rings is 2. The second-order valence-electron chi connectivity index (χ2n) is 6.02. The zero-order valence-corrected chi connectivity index (χ0v) is 13.5. The number of hydrazone groups is 1. The van der Waals surface area contributed by atoms with E-state index >= 15 is 0 Å². The van der Waals surface area contributed by atoms with Crippen LogP contribution >= 0.6 is 0 Å². The van der Waals surface area contributed by atoms with Gasteiger partial charge in [-0.25, -0.2) is 4.79 Å². The molecule has 1 saturated heterocycles. The fourth-order valence-corrected chi connectivity index (χ4v) is 2.65. The number of imide groups is 1. The van der Waals surface area contributed by atoms with Crippen molar-refractivity contribution in [2.75, 3.05) is 0 Å². The summed E-state index contributed by atoms with van der Waals surface area (Å²) in [6.07, 6.45) is 2.75. The van der Waals surface area contributed by atoms with Crippen LogP contribution in [0.5, 0.6) is 0 Å². The number of nitrogens with zero attached hydrogens (tertiary/aromatic N) is 2. The quantitative estimate of drug-likeness (QED) is 0.680. The standard InChI is InChI=1S/C19H19N3O2/c1-19(13-12-15-8-4-2-5-9-15)17(23)22(18(24)21-19)20-14-16-10-6-3-7-11-16/h2-11,14H,12-13H2,1H3,(H,21,24)/b20-14-/t19-/m1/s1. The first-order valence-electron chi connectivity index (χ1n) is 7.88. The summed E-state index contributed by atoms with van der Waals surface area (Å²) < 4.78 is 0. The lowest BCUT2D eigenvalue weighted by Gasteiger charge is -2.20. The van der Waals surface area contributed by atoms with Gasteiger partial charge >= 0.3 is 6.03 Å². The van der Waals surface area contributed by atoms with Gasteiger partial charge < -0.3 is 5.32 Å². The topological polar surface area (TPSA) is 61.8 Å². The van der Waals surface area contributed by atoms with Crippen molar-refractivity contribution in [1.82, 2.24) is 10.3 Å². The average Bonchev–Trinajstić information content (AvgIpc) is 2.83. The molecule has 24 heavy (non-hydrogen) atoms. The normalized spacial score (nSPS) is 20.6. The number of nitrogens with one attached hydrogen (secondary N) is 1. The van der Waals surface area contributed by atoms with E-state index in [1.165, 1.54) is 6.21 Å². The molecular weight excluding hydrogens is 302 g/mol. The molecule has 0 spiro atoms. The first-order valence-corrected chi connectivity index (χ1v) is 7.88. The molecule has 122 valence electrons. The van der Waals surface area contributed by atoms with Gasteiger partial charge in [0.05, 0.1) is 6.21 Å². The Labute approximate surface area is 141 Å². The first kappa shape index (κ1) is 15.9. The van der Waals surface area contributed by atoms with Gasteiger partial charge in [-0.05, 0) is 30.9 Å². The number of aryl methyl sites for hydroxylation is 1. The van der Waals surface area contributed by atoms with E-state index in [1.54, 1.807) is 6.92 Å². The summed E-state index contributed by atoms with van der Waals surface area (Å²) in [7, 11) is 0. The molecule has 2 aromatic rings. The second kappa shape index (κ2) is 6.66. The number of carbonyl (C=O) groups excluding carboxylic acids is 2. The van der Waals surface area contributed by atoms with Crippen LogP contribution in [0.4, 0.5) is 4.79 Å². The number of hydrogen-bond donors (Lipinski definition) is 1. The van der Waals surface area contributed by atoms with Gasteiger partial charge in [0, 0.05) is 0 Å². The molecule has 3 rings (SSSR count). The van der Waals surface area contributed by atoms with E-state index in [1.807, 2.05) is 60.7 Å². The SMILES string of the molecule is C[C@]1(CCc2ccccc2)NC(=O)N(/N=C\c2ccccc2)C1=O. The van der Waals surface area contributed by atoms with E-state index in [0.29, 0.717) is 12.8 Å². The van der Waals surface area contributed by atoms with Gasteiger partial charge in [0.1, 0.15) is 5.54 Å². The van der Waals surface area contributed by atoms with Crippen LogP contribution in [0.3, 0.4) is 0 Å². The minimum atomic E-state index is -0.930. The fraction of sp³-hybridized carbons (Fsp3) is 0.211. The van der Waals surface area contributed by atoms with Crippen LogP contribution in [0, 0.1) is 0 Å². The van der Waals surface area contributed by atoms with Gasteiger partial charge in [-0.1, -0.05) is 60.7 Å². The molecule has 3 amide bonds. The van der Waals surface area contributed by atoms with E-state index in [4.69, 9.17) is 0 Å². The summed E-state index contributed by atoms with van der Waals surface area (Å²) in [5, 5.41) is 7.73. The highest BCUT2D eigenvalue weighted by Crippen LogP contribution is 2.23. The molecule has 5 heteroatoms. The van der Waals surface area contributed by atoms with Crippen LogP contribution in [0.15, 0.2) is 65.8 Å². The second-order valence-corrected chi connectivity index (χ2v) is 6.02. The molecule has 0 saturated carbocycles. The molecule has 1 aliphatic rings. The molecule has 1 heterocycles. The van der Waals surface area contributed by atoms with Gasteiger partial charge in [0.15, 0.2) is 0 Å². The third kappa shape index (κ3) is 3.35. The Balaban J connectivity index is 1.70. The molecule has 0 aliphatic carbocycles. The molecule has 0 unspecified atom stereocenters. The minimum absolute atomic E-state index is 0.324. The summed E-state index contributed by atoms with van der Waals surface area (Å²) in [4.78, 5) is 24.7. The predicted molar refractivity (Wildman–Crippen MR) is 92.6 cm³/mol. The summed E-state index contributed by atoms with van der Waals surface area (Å²) in [5.41, 5.74) is 1.03. The molecule has 0 bridgehead atoms. The highest BCUT2D eigenvalue weighted by atomic mass is 16.2. The van der Waals surface area contributed by atoms with Crippen molar-refractivity contribution in [2.24, 2.45) is 5.10 Å². The van der Waals surface area contributed by atoms with Crippen molar-refractivity contribution < 1.29 is 9.59 Å². The number of rotatable bonds is 5. The van der Waals surface area contributed by atoms with E-state index in [9.17, 15) is 9.59 Å². The average molecular weight is 321 g/mol. The Morgan fingerprint density at radius 1 is 1.04 bits per heavy atom. The van der Waals surface area contributed by atoms with Crippen molar-refractivity contribution in [3.05, 3.63) is 71.8 Å². The van der Waals surface area contributed by atoms with Crippen LogP contribution in [0.25, 0.3) is 0 Å². The Morgan fingerprint density at radius 3 is 2.33 bits per heavy atom. The van der Waals surface area contributed by atoms with Gasteiger partial charge in [0.25, 0.3) is 5.91 Å². The van der Waals surface area contributed by atoms with Crippen LogP contribution in [-0.2, 0) is 11.2 Å². The fourth-order valence-electron chi connectivity index (χ4n) is 2.65. The Bertz CT molecular complexity index is 759. The van der Waals surface area contributed by atoms with Gasteiger partial charge in [-0.2, -0.15) is 5.10 Å². The number of hydrogen-bond acceptors (Lipinski definition) is 3. The van der Waals surface area contributed by atoms with Gasteiger partial charge in [-0.15, -0.1) is 5.01 Å². The molecule has 5 nitrogen and oxygen atoms in total. The van der Waals surface area contributed by atoms with Crippen LogP contribution in [0.2, 0.25) is 0 Å². The summed E-state index contributed by atoms with van der Waals surface area (Å²) in [5.74, 6) is -0.324. The monoisotopic (exact) mass is 321 g/mol. The van der Waals surface area contributed by atoms with E-state index < -0.39 is 11.6 Å². The summed E-state index contributed by atoms with van der Waals surface area (Å²) in [6.45, 7) is 1.74. The van der Waals surface area contributed by atoms with E-state index in [2.05, 4.69) is 10.4 Å². The number of carbonyl (C=O) groups is 2. The Kier molecular flexibility index (Phi) is 4.42. The van der Waals surface area contributed by atoms with Crippen molar-refractivity contribution in [1.29, 1.82) is 0 Å². The Hall–Kier alpha value is -2.95. The molecule has 1 aliphatic heterocycles. The largest absolute Gasteiger partial charge is 0.346 e. The number of amides is 3. The van der Waals surface area contributed by atoms with Crippen molar-refractivity contribution >= 4 is 18.2 Å². The van der Waals surface area contributed by atoms with Gasteiger partial charge in [-0.3, -0.25) is 4.79 Å². The van der Waals surface area contributed by atoms with Crippen LogP contribution in [-0.4, -0.2) is 28.7 Å². The van der Waals surface area contributed by atoms with Gasteiger partial charge in [0.2, 0.25) is 0 Å². The Morgan fingerprint density at radius 2 is 1.67 bits per heavy atom. The van der Waals surface area contributed by atoms with Crippen LogP contribution < -0.4 is 5.32 Å². The molecule has 0 aromatic heterocycles. The van der Waals surface area contributed by atoms with Crippen molar-refractivity contribution in [3.8, 4) is 0 Å². The minimum Gasteiger partial charge on any atom is -0.322 e. The third-order valence-electron chi connectivity index (χ3n) is 4.12. The maximum Gasteiger partial charge on any atom is 0.346 e. The van der Waals surface area contributed by atoms with E-state index in [0.717, 1.165) is 16.1 Å². The zero-order valence-electron chi connectivity index (χ0n) is 13.5. The lowest BCUT2D eigenvalue weighted by atomic mass is 9.93. The first-order chi connectivity index (χ1) is 11.6. The van der Waals surface area contributed by atoms with Crippen molar-refractivity contribution in [3.63, 3.8) is 0 Å². The van der Waals surface area contributed by atoms with Crippen molar-refractivity contribution in [2.45, 2.75) is 25.3 Å². The van der Waals surface area contributed by atoms with Crippen LogP contribution in [0.1, 0.15) is 24.5 Å². The lowest BCUT2D eigenvalue weighted by Crippen LogP contribution is -2.44. The third-order valence-corrected chi connectivity index (χ3v) is 4.12. The zero-order chi connectivity index (χ0) is 17.0. The molecule has 1 fully saturated rings.